The lowest BCUT2D eigenvalue weighted by molar-refractivity contribution is -0.137. The number of carboxylic acids is 1. The van der Waals surface area contributed by atoms with E-state index < -0.39 is 5.97 Å². The van der Waals surface area contributed by atoms with Crippen molar-refractivity contribution in [1.29, 1.82) is 0 Å². The third-order valence-electron chi connectivity index (χ3n) is 6.21. The summed E-state index contributed by atoms with van der Waals surface area (Å²) in [5.74, 6) is -0.0327. The highest BCUT2D eigenvalue weighted by Crippen LogP contribution is 2.40. The number of aliphatic carboxylic acids is 1. The van der Waals surface area contributed by atoms with E-state index in [1.54, 1.807) is 10.9 Å². The molecule has 29 heavy (non-hydrogen) atoms. The maximum Gasteiger partial charge on any atom is 0.305 e. The number of aryl methyl sites for hydroxylation is 2. The highest BCUT2D eigenvalue weighted by Gasteiger charge is 2.31. The fraction of sp³-hybridized carbons (Fsp3) is 0.455. The topological polar surface area (TPSA) is 66.5 Å². The Kier molecular flexibility index (Phi) is 4.98. The number of rotatable bonds is 8. The van der Waals surface area contributed by atoms with Gasteiger partial charge in [-0.15, -0.1) is 0 Å². The fourth-order valence-electron chi connectivity index (χ4n) is 3.94. The van der Waals surface area contributed by atoms with Crippen LogP contribution in [-0.2, 0) is 18.4 Å². The number of carboxylic acid groups (broad SMARTS) is 1. The lowest BCUT2D eigenvalue weighted by Crippen LogP contribution is -2.30. The number of nitrogens with zero attached hydrogens (tertiary/aromatic N) is 5. The predicted octanol–water partition coefficient (Wildman–Crippen LogP) is 3.85. The standard InChI is InChI=1S/C22H29N5O2/c1-15(16-5-6-16)25(3)21-12-17(11-20-19(21)7-9-24(20)2)26(4)18-13-23-27(14-18)10-8-22(28)29/h7,9,11-16H,5-6,8,10H2,1-4H3,(H,28,29). The number of hydrogen-bond donors (Lipinski definition) is 1. The average molecular weight is 396 g/mol. The van der Waals surface area contributed by atoms with Crippen LogP contribution in [0.1, 0.15) is 26.2 Å². The van der Waals surface area contributed by atoms with Crippen LogP contribution >= 0.6 is 0 Å². The van der Waals surface area contributed by atoms with Gasteiger partial charge in [-0.25, -0.2) is 0 Å². The number of aromatic nitrogens is 3. The smallest absolute Gasteiger partial charge is 0.305 e. The van der Waals surface area contributed by atoms with Gasteiger partial charge in [0.15, 0.2) is 0 Å². The van der Waals surface area contributed by atoms with Crippen LogP contribution in [0.4, 0.5) is 17.1 Å². The van der Waals surface area contributed by atoms with Crippen LogP contribution in [0.15, 0.2) is 36.8 Å². The second-order valence-electron chi connectivity index (χ2n) is 8.18. The van der Waals surface area contributed by atoms with Gasteiger partial charge in [-0.05, 0) is 43.9 Å². The van der Waals surface area contributed by atoms with Crippen molar-refractivity contribution in [1.82, 2.24) is 14.3 Å². The molecule has 1 aliphatic rings. The Labute approximate surface area is 171 Å². The summed E-state index contributed by atoms with van der Waals surface area (Å²) >= 11 is 0. The fourth-order valence-corrected chi connectivity index (χ4v) is 3.94. The van der Waals surface area contributed by atoms with Crippen molar-refractivity contribution in [2.45, 2.75) is 38.8 Å². The summed E-state index contributed by atoms with van der Waals surface area (Å²) in [6, 6.07) is 7.14. The normalized spacial score (nSPS) is 14.9. The lowest BCUT2D eigenvalue weighted by atomic mass is 10.1. The molecule has 154 valence electrons. The number of fused-ring (bicyclic) bond motifs is 1. The average Bonchev–Trinajstić information content (AvgIpc) is 3.34. The maximum atomic E-state index is 10.8. The van der Waals surface area contributed by atoms with Crippen molar-refractivity contribution in [3.63, 3.8) is 0 Å². The van der Waals surface area contributed by atoms with Crippen molar-refractivity contribution in [3.05, 3.63) is 36.8 Å². The quantitative estimate of drug-likeness (QED) is 0.627. The molecule has 0 saturated heterocycles. The summed E-state index contributed by atoms with van der Waals surface area (Å²) in [4.78, 5) is 15.3. The van der Waals surface area contributed by atoms with Crippen molar-refractivity contribution < 1.29 is 9.90 Å². The van der Waals surface area contributed by atoms with Gasteiger partial charge < -0.3 is 19.5 Å². The van der Waals surface area contributed by atoms with Crippen LogP contribution in [0.5, 0.6) is 0 Å². The van der Waals surface area contributed by atoms with E-state index in [9.17, 15) is 4.79 Å². The van der Waals surface area contributed by atoms with Gasteiger partial charge >= 0.3 is 5.97 Å². The summed E-state index contributed by atoms with van der Waals surface area (Å²) < 4.78 is 3.84. The number of carbonyl (C=O) groups is 1. The molecule has 1 saturated carbocycles. The molecule has 1 aromatic carbocycles. The Bertz CT molecular complexity index is 1030. The molecular formula is C22H29N5O2. The van der Waals surface area contributed by atoms with Gasteiger partial charge in [0.2, 0.25) is 0 Å². The molecule has 7 heteroatoms. The van der Waals surface area contributed by atoms with Crippen LogP contribution in [-0.4, -0.2) is 45.6 Å². The van der Waals surface area contributed by atoms with Crippen LogP contribution < -0.4 is 9.80 Å². The molecule has 0 radical (unpaired) electrons. The van der Waals surface area contributed by atoms with E-state index in [0.29, 0.717) is 12.6 Å². The Balaban J connectivity index is 1.68. The van der Waals surface area contributed by atoms with Gasteiger partial charge in [-0.3, -0.25) is 9.48 Å². The minimum atomic E-state index is -0.818. The molecule has 0 spiro atoms. The highest BCUT2D eigenvalue weighted by atomic mass is 16.4. The largest absolute Gasteiger partial charge is 0.481 e. The molecule has 1 unspecified atom stereocenters. The van der Waals surface area contributed by atoms with E-state index in [1.807, 2.05) is 13.2 Å². The maximum absolute atomic E-state index is 10.8. The minimum absolute atomic E-state index is 0.0636. The molecule has 2 aromatic heterocycles. The minimum Gasteiger partial charge on any atom is -0.481 e. The van der Waals surface area contributed by atoms with Crippen LogP contribution in [0, 0.1) is 5.92 Å². The third kappa shape index (κ3) is 3.81. The first kappa shape index (κ1) is 19.4. The Morgan fingerprint density at radius 3 is 2.76 bits per heavy atom. The molecule has 0 aliphatic heterocycles. The van der Waals surface area contributed by atoms with Gasteiger partial charge in [0.05, 0.1) is 30.4 Å². The monoisotopic (exact) mass is 395 g/mol. The molecule has 1 fully saturated rings. The summed E-state index contributed by atoms with van der Waals surface area (Å²) in [5.41, 5.74) is 4.45. The zero-order chi connectivity index (χ0) is 20.7. The Hall–Kier alpha value is -2.96. The van der Waals surface area contributed by atoms with Crippen LogP contribution in [0.3, 0.4) is 0 Å². The molecule has 4 rings (SSSR count). The van der Waals surface area contributed by atoms with Crippen LogP contribution in [0.2, 0.25) is 0 Å². The van der Waals surface area contributed by atoms with E-state index in [2.05, 4.69) is 64.9 Å². The Morgan fingerprint density at radius 1 is 1.31 bits per heavy atom. The van der Waals surface area contributed by atoms with Gasteiger partial charge in [-0.1, -0.05) is 0 Å². The molecule has 1 N–H and O–H groups in total. The number of anilines is 3. The van der Waals surface area contributed by atoms with E-state index in [4.69, 9.17) is 5.11 Å². The summed E-state index contributed by atoms with van der Waals surface area (Å²) in [6.45, 7) is 2.68. The molecule has 1 atom stereocenters. The van der Waals surface area contributed by atoms with E-state index in [-0.39, 0.29) is 6.42 Å². The van der Waals surface area contributed by atoms with E-state index >= 15 is 0 Å². The van der Waals surface area contributed by atoms with Crippen molar-refractivity contribution >= 4 is 33.9 Å². The molecule has 2 heterocycles. The van der Waals surface area contributed by atoms with Gasteiger partial charge in [0, 0.05) is 56.3 Å². The first-order valence-electron chi connectivity index (χ1n) is 10.1. The second-order valence-corrected chi connectivity index (χ2v) is 8.18. The molecular weight excluding hydrogens is 366 g/mol. The van der Waals surface area contributed by atoms with E-state index in [0.717, 1.165) is 17.3 Å². The third-order valence-corrected chi connectivity index (χ3v) is 6.21. The molecule has 0 amide bonds. The summed E-state index contributed by atoms with van der Waals surface area (Å²) in [7, 11) is 6.29. The zero-order valence-corrected chi connectivity index (χ0v) is 17.5. The first-order valence-corrected chi connectivity index (χ1v) is 10.1. The predicted molar refractivity (Wildman–Crippen MR) is 116 cm³/mol. The SMILES string of the molecule is CC(C1CC1)N(C)c1cc(N(C)c2cnn(CCC(=O)O)c2)cc2c1ccn2C. The number of hydrogen-bond acceptors (Lipinski definition) is 4. The van der Waals surface area contributed by atoms with Crippen LogP contribution in [0.25, 0.3) is 10.9 Å². The summed E-state index contributed by atoms with van der Waals surface area (Å²) in [5, 5.41) is 14.5. The van der Waals surface area contributed by atoms with E-state index in [1.165, 1.54) is 29.4 Å². The van der Waals surface area contributed by atoms with Crippen molar-refractivity contribution in [2.75, 3.05) is 23.9 Å². The molecule has 3 aromatic rings. The van der Waals surface area contributed by atoms with Gasteiger partial charge in [0.25, 0.3) is 0 Å². The second kappa shape index (κ2) is 7.46. The Morgan fingerprint density at radius 2 is 2.07 bits per heavy atom. The summed E-state index contributed by atoms with van der Waals surface area (Å²) in [6.07, 6.45) is 8.49. The zero-order valence-electron chi connectivity index (χ0n) is 17.5. The van der Waals surface area contributed by atoms with Crippen molar-refractivity contribution in [2.24, 2.45) is 13.0 Å². The highest BCUT2D eigenvalue weighted by molar-refractivity contribution is 5.96. The first-order chi connectivity index (χ1) is 13.8. The lowest BCUT2D eigenvalue weighted by Gasteiger charge is -2.29. The van der Waals surface area contributed by atoms with Crippen molar-refractivity contribution in [3.8, 4) is 0 Å². The number of benzene rings is 1. The van der Waals surface area contributed by atoms with Gasteiger partial charge in [-0.2, -0.15) is 5.10 Å². The molecule has 0 bridgehead atoms. The van der Waals surface area contributed by atoms with Gasteiger partial charge in [0.1, 0.15) is 0 Å². The molecule has 1 aliphatic carbocycles. The molecule has 7 nitrogen and oxygen atoms in total.